The van der Waals surface area contributed by atoms with Gasteiger partial charge in [-0.15, -0.1) is 0 Å². The molecule has 0 bridgehead atoms. The lowest BCUT2D eigenvalue weighted by Crippen LogP contribution is -2.29. The number of benzene rings is 1. The highest BCUT2D eigenvalue weighted by atomic mass is 19.1. The first-order valence-corrected chi connectivity index (χ1v) is 6.33. The van der Waals surface area contributed by atoms with Gasteiger partial charge in [0.15, 0.2) is 0 Å². The fraction of sp³-hybridized carbons (Fsp3) is 0.571. The van der Waals surface area contributed by atoms with Gasteiger partial charge in [0, 0.05) is 12.6 Å². The molecule has 0 aliphatic heterocycles. The first-order valence-electron chi connectivity index (χ1n) is 6.33. The fourth-order valence-electron chi connectivity index (χ4n) is 1.87. The van der Waals surface area contributed by atoms with E-state index in [4.69, 9.17) is 5.73 Å². The lowest BCUT2D eigenvalue weighted by atomic mass is 10.1. The SMILES string of the molecule is CCCCCN(C)CC(N)c1ccc(F)cc1. The molecule has 17 heavy (non-hydrogen) atoms. The molecule has 0 fully saturated rings. The largest absolute Gasteiger partial charge is 0.323 e. The Labute approximate surface area is 104 Å². The molecule has 0 amide bonds. The molecule has 0 aromatic heterocycles. The van der Waals surface area contributed by atoms with Crippen LogP contribution in [-0.4, -0.2) is 25.0 Å². The first-order chi connectivity index (χ1) is 8.13. The molecule has 1 rings (SSSR count). The highest BCUT2D eigenvalue weighted by Crippen LogP contribution is 2.12. The Hall–Kier alpha value is -0.930. The smallest absolute Gasteiger partial charge is 0.123 e. The van der Waals surface area contributed by atoms with E-state index in [0.29, 0.717) is 0 Å². The summed E-state index contributed by atoms with van der Waals surface area (Å²) in [6, 6.07) is 6.42. The molecule has 2 N–H and O–H groups in total. The number of nitrogens with zero attached hydrogens (tertiary/aromatic N) is 1. The van der Waals surface area contributed by atoms with Crippen molar-refractivity contribution in [3.05, 3.63) is 35.6 Å². The van der Waals surface area contributed by atoms with Crippen molar-refractivity contribution in [1.29, 1.82) is 0 Å². The van der Waals surface area contributed by atoms with Gasteiger partial charge in [0.25, 0.3) is 0 Å². The second-order valence-corrected chi connectivity index (χ2v) is 4.63. The Kier molecular flexibility index (Phi) is 6.16. The number of hydrogen-bond acceptors (Lipinski definition) is 2. The Bertz CT molecular complexity index is 311. The minimum absolute atomic E-state index is 0.0396. The summed E-state index contributed by atoms with van der Waals surface area (Å²) in [6.45, 7) is 4.09. The van der Waals surface area contributed by atoms with Crippen molar-refractivity contribution in [2.75, 3.05) is 20.1 Å². The number of halogens is 1. The van der Waals surface area contributed by atoms with Gasteiger partial charge in [0.2, 0.25) is 0 Å². The summed E-state index contributed by atoms with van der Waals surface area (Å²) >= 11 is 0. The van der Waals surface area contributed by atoms with E-state index in [2.05, 4.69) is 18.9 Å². The van der Waals surface area contributed by atoms with E-state index >= 15 is 0 Å². The Morgan fingerprint density at radius 2 is 1.88 bits per heavy atom. The molecule has 0 saturated carbocycles. The van der Waals surface area contributed by atoms with Gasteiger partial charge in [-0.2, -0.15) is 0 Å². The van der Waals surface area contributed by atoms with Crippen molar-refractivity contribution in [1.82, 2.24) is 4.90 Å². The maximum absolute atomic E-state index is 12.8. The van der Waals surface area contributed by atoms with Crippen LogP contribution < -0.4 is 5.73 Å². The van der Waals surface area contributed by atoms with Crippen molar-refractivity contribution >= 4 is 0 Å². The third kappa shape index (κ3) is 5.29. The lowest BCUT2D eigenvalue weighted by Gasteiger charge is -2.21. The molecule has 2 nitrogen and oxygen atoms in total. The molecule has 3 heteroatoms. The predicted molar refractivity (Wildman–Crippen MR) is 70.4 cm³/mol. The molecule has 0 radical (unpaired) electrons. The Morgan fingerprint density at radius 3 is 2.47 bits per heavy atom. The summed E-state index contributed by atoms with van der Waals surface area (Å²) in [7, 11) is 2.08. The number of nitrogens with two attached hydrogens (primary N) is 1. The van der Waals surface area contributed by atoms with Crippen LogP contribution in [0.4, 0.5) is 4.39 Å². The minimum atomic E-state index is -0.211. The van der Waals surface area contributed by atoms with Crippen molar-refractivity contribution in [2.45, 2.75) is 32.2 Å². The topological polar surface area (TPSA) is 29.3 Å². The van der Waals surface area contributed by atoms with Crippen LogP contribution in [0.1, 0.15) is 37.8 Å². The standard InChI is InChI=1S/C14H23FN2/c1-3-4-5-10-17(2)11-14(16)12-6-8-13(15)9-7-12/h6-9,14H,3-5,10-11,16H2,1-2H3. The summed E-state index contributed by atoms with van der Waals surface area (Å²) in [6.07, 6.45) is 3.71. The molecule has 0 spiro atoms. The number of likely N-dealkylation sites (N-methyl/N-ethyl adjacent to an activating group) is 1. The molecular weight excluding hydrogens is 215 g/mol. The van der Waals surface area contributed by atoms with Gasteiger partial charge in [-0.05, 0) is 37.7 Å². The van der Waals surface area contributed by atoms with E-state index in [1.54, 1.807) is 12.1 Å². The Morgan fingerprint density at radius 1 is 1.24 bits per heavy atom. The van der Waals surface area contributed by atoms with Gasteiger partial charge >= 0.3 is 0 Å². The second-order valence-electron chi connectivity index (χ2n) is 4.63. The van der Waals surface area contributed by atoms with E-state index in [9.17, 15) is 4.39 Å². The van der Waals surface area contributed by atoms with Gasteiger partial charge in [0.05, 0.1) is 0 Å². The summed E-state index contributed by atoms with van der Waals surface area (Å²) < 4.78 is 12.8. The highest BCUT2D eigenvalue weighted by molar-refractivity contribution is 5.19. The van der Waals surface area contributed by atoms with Crippen LogP contribution in [0.25, 0.3) is 0 Å². The van der Waals surface area contributed by atoms with Crippen LogP contribution >= 0.6 is 0 Å². The number of hydrogen-bond donors (Lipinski definition) is 1. The molecule has 0 aliphatic rings. The molecule has 1 unspecified atom stereocenters. The van der Waals surface area contributed by atoms with Crippen LogP contribution in [0.2, 0.25) is 0 Å². The quantitative estimate of drug-likeness (QED) is 0.740. The minimum Gasteiger partial charge on any atom is -0.323 e. The lowest BCUT2D eigenvalue weighted by molar-refractivity contribution is 0.305. The summed E-state index contributed by atoms with van der Waals surface area (Å²) in [4.78, 5) is 2.24. The van der Waals surface area contributed by atoms with Crippen molar-refractivity contribution in [3.63, 3.8) is 0 Å². The molecular formula is C14H23FN2. The number of unbranched alkanes of at least 4 members (excludes halogenated alkanes) is 2. The monoisotopic (exact) mass is 238 g/mol. The van der Waals surface area contributed by atoms with Crippen molar-refractivity contribution < 1.29 is 4.39 Å². The van der Waals surface area contributed by atoms with Crippen molar-refractivity contribution in [3.8, 4) is 0 Å². The maximum Gasteiger partial charge on any atom is 0.123 e. The molecule has 0 aliphatic carbocycles. The second kappa shape index (κ2) is 7.41. The number of rotatable bonds is 7. The average Bonchev–Trinajstić information content (AvgIpc) is 2.30. The summed E-state index contributed by atoms with van der Waals surface area (Å²) in [5, 5.41) is 0. The zero-order chi connectivity index (χ0) is 12.7. The van der Waals surface area contributed by atoms with Crippen LogP contribution in [0.15, 0.2) is 24.3 Å². The molecule has 96 valence electrons. The summed E-state index contributed by atoms with van der Waals surface area (Å²) in [5.74, 6) is -0.211. The van der Waals surface area contributed by atoms with E-state index < -0.39 is 0 Å². The zero-order valence-electron chi connectivity index (χ0n) is 10.8. The molecule has 1 aromatic rings. The van der Waals surface area contributed by atoms with E-state index in [1.165, 1.54) is 31.4 Å². The zero-order valence-corrected chi connectivity index (χ0v) is 10.8. The average molecular weight is 238 g/mol. The van der Waals surface area contributed by atoms with E-state index in [0.717, 1.165) is 18.7 Å². The van der Waals surface area contributed by atoms with Crippen LogP contribution in [0.3, 0.4) is 0 Å². The summed E-state index contributed by atoms with van der Waals surface area (Å²) in [5.41, 5.74) is 7.08. The first kappa shape index (κ1) is 14.1. The molecule has 0 saturated heterocycles. The van der Waals surface area contributed by atoms with Gasteiger partial charge in [-0.3, -0.25) is 0 Å². The van der Waals surface area contributed by atoms with E-state index in [1.807, 2.05) is 0 Å². The van der Waals surface area contributed by atoms with Crippen LogP contribution in [0.5, 0.6) is 0 Å². The van der Waals surface area contributed by atoms with Gasteiger partial charge in [-0.25, -0.2) is 4.39 Å². The van der Waals surface area contributed by atoms with E-state index in [-0.39, 0.29) is 11.9 Å². The van der Waals surface area contributed by atoms with Gasteiger partial charge in [-0.1, -0.05) is 31.9 Å². The fourth-order valence-corrected chi connectivity index (χ4v) is 1.87. The molecule has 0 heterocycles. The van der Waals surface area contributed by atoms with Gasteiger partial charge < -0.3 is 10.6 Å². The third-order valence-electron chi connectivity index (χ3n) is 2.95. The van der Waals surface area contributed by atoms with Gasteiger partial charge in [0.1, 0.15) is 5.82 Å². The maximum atomic E-state index is 12.8. The Balaban J connectivity index is 2.37. The molecule has 1 atom stereocenters. The predicted octanol–water partition coefficient (Wildman–Crippen LogP) is 2.95. The highest BCUT2D eigenvalue weighted by Gasteiger charge is 2.08. The van der Waals surface area contributed by atoms with Crippen LogP contribution in [0, 0.1) is 5.82 Å². The normalized spacial score (nSPS) is 13.0. The third-order valence-corrected chi connectivity index (χ3v) is 2.95. The van der Waals surface area contributed by atoms with Crippen molar-refractivity contribution in [2.24, 2.45) is 5.73 Å². The molecule has 1 aromatic carbocycles. The van der Waals surface area contributed by atoms with Crippen LogP contribution in [-0.2, 0) is 0 Å².